The van der Waals surface area contributed by atoms with E-state index in [-0.39, 0.29) is 17.5 Å². The van der Waals surface area contributed by atoms with Crippen LogP contribution in [0.4, 0.5) is 17.1 Å². The molecule has 0 aromatic heterocycles. The SMILES string of the molecule is COC(=O)c1ccc(NC(=O)C2CC=CCC2C(=O)Nc2cccc([N+](=O)[O-])c2)cc1. The fourth-order valence-corrected chi connectivity index (χ4v) is 3.37. The van der Waals surface area contributed by atoms with Crippen molar-refractivity contribution in [1.82, 2.24) is 0 Å². The van der Waals surface area contributed by atoms with Crippen molar-refractivity contribution >= 4 is 34.8 Å². The van der Waals surface area contributed by atoms with Crippen molar-refractivity contribution in [2.45, 2.75) is 12.8 Å². The van der Waals surface area contributed by atoms with Gasteiger partial charge in [0.25, 0.3) is 5.69 Å². The summed E-state index contributed by atoms with van der Waals surface area (Å²) < 4.78 is 4.65. The number of ether oxygens (including phenoxy) is 1. The maximum atomic E-state index is 12.8. The van der Waals surface area contributed by atoms with Crippen LogP contribution in [0.25, 0.3) is 0 Å². The lowest BCUT2D eigenvalue weighted by Gasteiger charge is -2.26. The number of rotatable bonds is 6. The van der Waals surface area contributed by atoms with Crippen molar-refractivity contribution in [1.29, 1.82) is 0 Å². The van der Waals surface area contributed by atoms with E-state index in [1.165, 1.54) is 37.4 Å². The van der Waals surface area contributed by atoms with Crippen molar-refractivity contribution in [3.8, 4) is 0 Å². The summed E-state index contributed by atoms with van der Waals surface area (Å²) in [4.78, 5) is 47.6. The van der Waals surface area contributed by atoms with Gasteiger partial charge >= 0.3 is 5.97 Å². The molecule has 0 spiro atoms. The number of nitrogens with one attached hydrogen (secondary N) is 2. The van der Waals surface area contributed by atoms with E-state index in [2.05, 4.69) is 15.4 Å². The Kier molecular flexibility index (Phi) is 6.76. The standard InChI is InChI=1S/C22H21N3O6/c1-31-22(28)14-9-11-15(12-10-14)23-20(26)18-7-2-3-8-19(18)21(27)24-16-5-4-6-17(13-16)25(29)30/h2-6,9-13,18-19H,7-8H2,1H3,(H,23,26)(H,24,27). The van der Waals surface area contributed by atoms with Crippen LogP contribution in [-0.4, -0.2) is 29.8 Å². The lowest BCUT2D eigenvalue weighted by Crippen LogP contribution is -2.37. The van der Waals surface area contributed by atoms with E-state index in [1.807, 2.05) is 12.2 Å². The quantitative estimate of drug-likeness (QED) is 0.317. The summed E-state index contributed by atoms with van der Waals surface area (Å²) in [6.45, 7) is 0. The van der Waals surface area contributed by atoms with Crippen molar-refractivity contribution in [2.24, 2.45) is 11.8 Å². The number of carbonyl (C=O) groups is 3. The number of hydrogen-bond donors (Lipinski definition) is 2. The van der Waals surface area contributed by atoms with Gasteiger partial charge < -0.3 is 15.4 Å². The molecule has 0 fully saturated rings. The second-order valence-corrected chi connectivity index (χ2v) is 7.01. The smallest absolute Gasteiger partial charge is 0.337 e. The molecule has 0 aliphatic heterocycles. The monoisotopic (exact) mass is 423 g/mol. The molecule has 0 saturated carbocycles. The first kappa shape index (κ1) is 21.7. The number of anilines is 2. The molecule has 0 saturated heterocycles. The van der Waals surface area contributed by atoms with E-state index in [0.29, 0.717) is 29.8 Å². The van der Waals surface area contributed by atoms with Crippen LogP contribution in [0.2, 0.25) is 0 Å². The van der Waals surface area contributed by atoms with Crippen molar-refractivity contribution < 1.29 is 24.0 Å². The first-order valence-corrected chi connectivity index (χ1v) is 9.58. The Balaban J connectivity index is 1.69. The predicted molar refractivity (Wildman–Crippen MR) is 113 cm³/mol. The highest BCUT2D eigenvalue weighted by atomic mass is 16.6. The van der Waals surface area contributed by atoms with Gasteiger partial charge in [0, 0.05) is 23.5 Å². The molecular formula is C22H21N3O6. The molecule has 2 N–H and O–H groups in total. The summed E-state index contributed by atoms with van der Waals surface area (Å²) in [5.41, 5.74) is 1.01. The third-order valence-corrected chi connectivity index (χ3v) is 5.00. The van der Waals surface area contributed by atoms with Gasteiger partial charge in [0.05, 0.1) is 29.4 Å². The highest BCUT2D eigenvalue weighted by Crippen LogP contribution is 2.29. The van der Waals surface area contributed by atoms with Crippen LogP contribution in [0.5, 0.6) is 0 Å². The van der Waals surface area contributed by atoms with Crippen LogP contribution < -0.4 is 10.6 Å². The molecule has 0 radical (unpaired) electrons. The molecule has 2 atom stereocenters. The van der Waals surface area contributed by atoms with Gasteiger partial charge in [-0.05, 0) is 43.2 Å². The molecule has 3 rings (SSSR count). The zero-order valence-corrected chi connectivity index (χ0v) is 16.7. The van der Waals surface area contributed by atoms with Gasteiger partial charge in [-0.1, -0.05) is 18.2 Å². The Labute approximate surface area is 178 Å². The summed E-state index contributed by atoms with van der Waals surface area (Å²) in [7, 11) is 1.29. The number of hydrogen-bond acceptors (Lipinski definition) is 6. The fourth-order valence-electron chi connectivity index (χ4n) is 3.37. The number of nitro benzene ring substituents is 1. The normalized spacial score (nSPS) is 17.5. The Morgan fingerprint density at radius 1 is 0.935 bits per heavy atom. The van der Waals surface area contributed by atoms with Crippen LogP contribution in [0.15, 0.2) is 60.7 Å². The van der Waals surface area contributed by atoms with E-state index >= 15 is 0 Å². The van der Waals surface area contributed by atoms with E-state index in [0.717, 1.165) is 0 Å². The predicted octanol–water partition coefficient (Wildman–Crippen LogP) is 3.54. The van der Waals surface area contributed by atoms with Crippen molar-refractivity contribution in [3.05, 3.63) is 76.4 Å². The third-order valence-electron chi connectivity index (χ3n) is 5.00. The van der Waals surface area contributed by atoms with Crippen LogP contribution in [0.3, 0.4) is 0 Å². The Hall–Kier alpha value is -4.01. The van der Waals surface area contributed by atoms with Crippen LogP contribution in [0.1, 0.15) is 23.2 Å². The summed E-state index contributed by atoms with van der Waals surface area (Å²) in [5, 5.41) is 16.4. The Morgan fingerprint density at radius 3 is 2.06 bits per heavy atom. The lowest BCUT2D eigenvalue weighted by molar-refractivity contribution is -0.384. The molecule has 0 heterocycles. The molecule has 0 bridgehead atoms. The number of nitro groups is 1. The second-order valence-electron chi connectivity index (χ2n) is 7.01. The number of esters is 1. The van der Waals surface area contributed by atoms with Crippen molar-refractivity contribution in [2.75, 3.05) is 17.7 Å². The zero-order valence-electron chi connectivity index (χ0n) is 16.7. The van der Waals surface area contributed by atoms with Crippen molar-refractivity contribution in [3.63, 3.8) is 0 Å². The van der Waals surface area contributed by atoms with Gasteiger partial charge in [0.15, 0.2) is 0 Å². The minimum atomic E-state index is -0.626. The summed E-state index contributed by atoms with van der Waals surface area (Å²) >= 11 is 0. The maximum Gasteiger partial charge on any atom is 0.337 e. The van der Waals surface area contributed by atoms with Gasteiger partial charge in [-0.25, -0.2) is 4.79 Å². The average Bonchev–Trinajstić information content (AvgIpc) is 2.79. The molecule has 2 aromatic rings. The molecule has 2 aromatic carbocycles. The molecule has 160 valence electrons. The summed E-state index contributed by atoms with van der Waals surface area (Å²) in [6, 6.07) is 11.9. The molecule has 9 heteroatoms. The number of allylic oxidation sites excluding steroid dienone is 2. The fraction of sp³-hybridized carbons (Fsp3) is 0.227. The number of benzene rings is 2. The number of carbonyl (C=O) groups excluding carboxylic acids is 3. The first-order chi connectivity index (χ1) is 14.9. The number of methoxy groups -OCH3 is 1. The van der Waals surface area contributed by atoms with E-state index < -0.39 is 22.7 Å². The van der Waals surface area contributed by atoms with Gasteiger partial charge in [-0.2, -0.15) is 0 Å². The molecular weight excluding hydrogens is 402 g/mol. The second kappa shape index (κ2) is 9.66. The number of non-ortho nitro benzene ring substituents is 1. The van der Waals surface area contributed by atoms with Gasteiger partial charge in [0.2, 0.25) is 11.8 Å². The molecule has 31 heavy (non-hydrogen) atoms. The number of nitrogens with zero attached hydrogens (tertiary/aromatic N) is 1. The lowest BCUT2D eigenvalue weighted by atomic mass is 9.81. The van der Waals surface area contributed by atoms with E-state index in [9.17, 15) is 24.5 Å². The topological polar surface area (TPSA) is 128 Å². The molecule has 2 amide bonds. The largest absolute Gasteiger partial charge is 0.465 e. The number of amides is 2. The summed E-state index contributed by atoms with van der Waals surface area (Å²) in [5.74, 6) is -2.42. The maximum absolute atomic E-state index is 12.8. The molecule has 2 unspecified atom stereocenters. The van der Waals surface area contributed by atoms with Gasteiger partial charge in [0.1, 0.15) is 0 Å². The first-order valence-electron chi connectivity index (χ1n) is 9.58. The Morgan fingerprint density at radius 2 is 1.52 bits per heavy atom. The summed E-state index contributed by atoms with van der Waals surface area (Å²) in [6.07, 6.45) is 4.45. The highest BCUT2D eigenvalue weighted by Gasteiger charge is 2.34. The van der Waals surface area contributed by atoms with E-state index in [1.54, 1.807) is 18.2 Å². The average molecular weight is 423 g/mol. The van der Waals surface area contributed by atoms with Gasteiger partial charge in [-0.3, -0.25) is 19.7 Å². The van der Waals surface area contributed by atoms with Crippen LogP contribution in [0, 0.1) is 22.0 Å². The van der Waals surface area contributed by atoms with Gasteiger partial charge in [-0.15, -0.1) is 0 Å². The highest BCUT2D eigenvalue weighted by molar-refractivity contribution is 6.00. The van der Waals surface area contributed by atoms with E-state index in [4.69, 9.17) is 0 Å². The minimum Gasteiger partial charge on any atom is -0.465 e. The molecule has 9 nitrogen and oxygen atoms in total. The zero-order chi connectivity index (χ0) is 22.4. The third kappa shape index (κ3) is 5.33. The molecule has 1 aliphatic rings. The minimum absolute atomic E-state index is 0.133. The molecule has 1 aliphatic carbocycles. The van der Waals surface area contributed by atoms with Crippen LogP contribution in [-0.2, 0) is 14.3 Å². The van der Waals surface area contributed by atoms with Crippen LogP contribution >= 0.6 is 0 Å². The Bertz CT molecular complexity index is 1030.